The zero-order chi connectivity index (χ0) is 14.5. The molecule has 0 aliphatic rings. The van der Waals surface area contributed by atoms with E-state index in [1.54, 1.807) is 6.07 Å². The van der Waals surface area contributed by atoms with Crippen LogP contribution in [-0.4, -0.2) is 34.0 Å². The van der Waals surface area contributed by atoms with Crippen LogP contribution in [-0.2, 0) is 5.41 Å². The minimum Gasteiger partial charge on any atom is -0.394 e. The van der Waals surface area contributed by atoms with Crippen molar-refractivity contribution < 1.29 is 9.90 Å². The summed E-state index contributed by atoms with van der Waals surface area (Å²) in [6, 6.07) is 2.92. The molecule has 1 aromatic heterocycles. The normalized spacial score (nSPS) is 12.9. The molecule has 2 amide bonds. The number of nitrogens with one attached hydrogen (secondary N) is 2. The molecular weight excluding hydrogens is 244 g/mol. The van der Waals surface area contributed by atoms with E-state index in [1.165, 1.54) is 0 Å². The van der Waals surface area contributed by atoms with E-state index in [9.17, 15) is 4.79 Å². The predicted molar refractivity (Wildman–Crippen MR) is 74.1 cm³/mol. The third-order valence-electron chi connectivity index (χ3n) is 2.72. The molecule has 106 valence electrons. The van der Waals surface area contributed by atoms with E-state index in [0.29, 0.717) is 12.2 Å². The van der Waals surface area contributed by atoms with Gasteiger partial charge in [-0.3, -0.25) is 5.32 Å². The lowest BCUT2D eigenvalue weighted by atomic mass is 9.92. The number of hydrogen-bond donors (Lipinski definition) is 3. The Morgan fingerprint density at radius 2 is 2.05 bits per heavy atom. The Labute approximate surface area is 113 Å². The summed E-state index contributed by atoms with van der Waals surface area (Å²) in [6.45, 7) is 7.94. The maximum absolute atomic E-state index is 11.6. The highest BCUT2D eigenvalue weighted by Crippen LogP contribution is 2.19. The second-order valence-electron chi connectivity index (χ2n) is 5.44. The van der Waals surface area contributed by atoms with E-state index < -0.39 is 6.03 Å². The van der Waals surface area contributed by atoms with Crippen LogP contribution in [0.15, 0.2) is 12.1 Å². The fourth-order valence-electron chi connectivity index (χ4n) is 1.41. The molecule has 1 aromatic rings. The van der Waals surface area contributed by atoms with E-state index in [4.69, 9.17) is 5.11 Å². The van der Waals surface area contributed by atoms with Crippen molar-refractivity contribution in [3.05, 3.63) is 17.8 Å². The number of anilines is 1. The van der Waals surface area contributed by atoms with Gasteiger partial charge in [0.1, 0.15) is 0 Å². The van der Waals surface area contributed by atoms with Gasteiger partial charge in [0.15, 0.2) is 5.82 Å². The van der Waals surface area contributed by atoms with Crippen molar-refractivity contribution in [1.82, 2.24) is 15.5 Å². The van der Waals surface area contributed by atoms with Gasteiger partial charge in [-0.25, -0.2) is 4.79 Å². The molecule has 0 fully saturated rings. The molecule has 1 unspecified atom stereocenters. The average Bonchev–Trinajstić information content (AvgIpc) is 2.35. The van der Waals surface area contributed by atoms with Crippen LogP contribution in [0.2, 0.25) is 0 Å². The number of nitrogens with zero attached hydrogens (tertiary/aromatic N) is 2. The summed E-state index contributed by atoms with van der Waals surface area (Å²) in [5, 5.41) is 22.3. The molecule has 3 N–H and O–H groups in total. The van der Waals surface area contributed by atoms with Gasteiger partial charge in [0.25, 0.3) is 0 Å². The van der Waals surface area contributed by atoms with Crippen molar-refractivity contribution >= 4 is 11.8 Å². The van der Waals surface area contributed by atoms with Gasteiger partial charge in [-0.15, -0.1) is 5.10 Å². The Kier molecular flexibility index (Phi) is 5.23. The predicted octanol–water partition coefficient (Wildman–Crippen LogP) is 1.67. The monoisotopic (exact) mass is 266 g/mol. The van der Waals surface area contributed by atoms with Gasteiger partial charge in [-0.1, -0.05) is 27.7 Å². The number of carbonyl (C=O) groups excluding carboxylic acids is 1. The number of aliphatic hydroxyl groups excluding tert-OH is 1. The number of hydrogen-bond acceptors (Lipinski definition) is 4. The Hall–Kier alpha value is -1.69. The van der Waals surface area contributed by atoms with Crippen LogP contribution in [0, 0.1) is 0 Å². The van der Waals surface area contributed by atoms with Gasteiger partial charge in [-0.2, -0.15) is 5.10 Å². The fourth-order valence-corrected chi connectivity index (χ4v) is 1.41. The summed E-state index contributed by atoms with van der Waals surface area (Å²) in [4.78, 5) is 11.6. The molecule has 0 radical (unpaired) electrons. The first-order valence-electron chi connectivity index (χ1n) is 6.39. The summed E-state index contributed by atoms with van der Waals surface area (Å²) in [5.41, 5.74) is 0.790. The third-order valence-corrected chi connectivity index (χ3v) is 2.72. The maximum Gasteiger partial charge on any atom is 0.320 e. The van der Waals surface area contributed by atoms with Crippen LogP contribution in [0.1, 0.15) is 39.8 Å². The lowest BCUT2D eigenvalue weighted by Gasteiger charge is -2.17. The Morgan fingerprint density at radius 3 is 2.47 bits per heavy atom. The van der Waals surface area contributed by atoms with E-state index in [1.807, 2.05) is 33.8 Å². The first-order chi connectivity index (χ1) is 8.86. The van der Waals surface area contributed by atoms with Gasteiger partial charge in [0, 0.05) is 5.41 Å². The molecule has 0 aliphatic carbocycles. The van der Waals surface area contributed by atoms with Crippen molar-refractivity contribution in [2.24, 2.45) is 0 Å². The maximum atomic E-state index is 11.6. The molecular formula is C13H22N4O2. The van der Waals surface area contributed by atoms with Gasteiger partial charge in [0.05, 0.1) is 18.3 Å². The topological polar surface area (TPSA) is 87.1 Å². The first kappa shape index (κ1) is 15.4. The zero-order valence-electron chi connectivity index (χ0n) is 11.9. The molecule has 6 heteroatoms. The number of amides is 2. The molecule has 0 saturated heterocycles. The number of rotatable bonds is 4. The van der Waals surface area contributed by atoms with Crippen LogP contribution in [0.25, 0.3) is 0 Å². The summed E-state index contributed by atoms with van der Waals surface area (Å²) in [7, 11) is 0. The summed E-state index contributed by atoms with van der Waals surface area (Å²) < 4.78 is 0. The number of urea groups is 1. The van der Waals surface area contributed by atoms with Crippen LogP contribution in [0.4, 0.5) is 10.6 Å². The number of aromatic nitrogens is 2. The second kappa shape index (κ2) is 6.47. The SMILES string of the molecule is CCC(CO)NC(=O)Nc1ccc(C(C)(C)C)nn1. The van der Waals surface area contributed by atoms with Gasteiger partial charge < -0.3 is 10.4 Å². The highest BCUT2D eigenvalue weighted by atomic mass is 16.3. The van der Waals surface area contributed by atoms with Crippen molar-refractivity contribution in [3.63, 3.8) is 0 Å². The molecule has 19 heavy (non-hydrogen) atoms. The molecule has 0 aliphatic heterocycles. The highest BCUT2D eigenvalue weighted by Gasteiger charge is 2.16. The molecule has 0 spiro atoms. The standard InChI is InChI=1S/C13H22N4O2/c1-5-9(8-18)14-12(19)15-11-7-6-10(16-17-11)13(2,3)4/h6-7,9,18H,5,8H2,1-4H3,(H2,14,15,17,19). The van der Waals surface area contributed by atoms with E-state index in [-0.39, 0.29) is 18.1 Å². The van der Waals surface area contributed by atoms with Crippen molar-refractivity contribution in [1.29, 1.82) is 0 Å². The van der Waals surface area contributed by atoms with Crippen LogP contribution >= 0.6 is 0 Å². The summed E-state index contributed by atoms with van der Waals surface area (Å²) in [5.74, 6) is 0.387. The molecule has 0 bridgehead atoms. The lowest BCUT2D eigenvalue weighted by Crippen LogP contribution is -2.39. The Bertz CT molecular complexity index is 408. The number of carbonyl (C=O) groups is 1. The van der Waals surface area contributed by atoms with Crippen LogP contribution in [0.5, 0.6) is 0 Å². The fraction of sp³-hybridized carbons (Fsp3) is 0.615. The summed E-state index contributed by atoms with van der Waals surface area (Å²) >= 11 is 0. The average molecular weight is 266 g/mol. The quantitative estimate of drug-likeness (QED) is 0.773. The van der Waals surface area contributed by atoms with Gasteiger partial charge >= 0.3 is 6.03 Å². The van der Waals surface area contributed by atoms with Crippen LogP contribution < -0.4 is 10.6 Å². The molecule has 0 saturated carbocycles. The number of aliphatic hydroxyl groups is 1. The molecule has 1 heterocycles. The molecule has 0 aromatic carbocycles. The van der Waals surface area contributed by atoms with Crippen molar-refractivity contribution in [2.75, 3.05) is 11.9 Å². The highest BCUT2D eigenvalue weighted by molar-refractivity contribution is 5.88. The summed E-state index contributed by atoms with van der Waals surface area (Å²) in [6.07, 6.45) is 0.665. The van der Waals surface area contributed by atoms with Crippen molar-refractivity contribution in [3.8, 4) is 0 Å². The van der Waals surface area contributed by atoms with E-state index >= 15 is 0 Å². The smallest absolute Gasteiger partial charge is 0.320 e. The minimum absolute atomic E-state index is 0.0714. The second-order valence-corrected chi connectivity index (χ2v) is 5.44. The molecule has 1 atom stereocenters. The largest absolute Gasteiger partial charge is 0.394 e. The van der Waals surface area contributed by atoms with Crippen LogP contribution in [0.3, 0.4) is 0 Å². The zero-order valence-corrected chi connectivity index (χ0v) is 11.9. The molecule has 1 rings (SSSR count). The first-order valence-corrected chi connectivity index (χ1v) is 6.39. The lowest BCUT2D eigenvalue weighted by molar-refractivity contribution is 0.222. The third kappa shape index (κ3) is 4.82. The van der Waals surface area contributed by atoms with Gasteiger partial charge in [0.2, 0.25) is 0 Å². The van der Waals surface area contributed by atoms with E-state index in [2.05, 4.69) is 20.8 Å². The Balaban J connectivity index is 2.61. The molecule has 6 nitrogen and oxygen atoms in total. The Morgan fingerprint density at radius 1 is 1.37 bits per heavy atom. The minimum atomic E-state index is -0.390. The van der Waals surface area contributed by atoms with Gasteiger partial charge in [-0.05, 0) is 18.6 Å². The van der Waals surface area contributed by atoms with E-state index in [0.717, 1.165) is 5.69 Å². The van der Waals surface area contributed by atoms with Crippen molar-refractivity contribution in [2.45, 2.75) is 45.6 Å².